The van der Waals surface area contributed by atoms with Gasteiger partial charge in [0.25, 0.3) is 0 Å². The van der Waals surface area contributed by atoms with E-state index in [-0.39, 0.29) is 11.7 Å². The Bertz CT molecular complexity index is 1480. The Kier molecular flexibility index (Phi) is 5.11. The number of hydrogen-bond acceptors (Lipinski definition) is 6. The second-order valence-corrected chi connectivity index (χ2v) is 10.9. The molecule has 0 unspecified atom stereocenters. The first-order chi connectivity index (χ1) is 18.0. The maximum Gasteiger partial charge on any atom is 0.325 e. The van der Waals surface area contributed by atoms with E-state index in [1.54, 1.807) is 18.3 Å². The SMILES string of the molecule is O=C(Nc1cc2cn([C@H]3CC[C@@](O)(C4CC4)CC3)nc2cc1-c1ncco1)c1cccc(C2CC2)[n+]1O. The van der Waals surface area contributed by atoms with Crippen LogP contribution in [-0.4, -0.2) is 36.6 Å². The number of hydrogen-bond donors (Lipinski definition) is 3. The number of oxazole rings is 1. The fourth-order valence-corrected chi connectivity index (χ4v) is 5.88. The predicted octanol–water partition coefficient (Wildman–Crippen LogP) is 4.60. The molecule has 3 saturated carbocycles. The second-order valence-electron chi connectivity index (χ2n) is 10.9. The minimum atomic E-state index is -0.501. The van der Waals surface area contributed by atoms with Gasteiger partial charge < -0.3 is 14.8 Å². The van der Waals surface area contributed by atoms with Gasteiger partial charge in [0.05, 0.1) is 34.6 Å². The minimum Gasteiger partial charge on any atom is -0.444 e. The average molecular weight is 501 g/mol. The molecule has 0 radical (unpaired) electrons. The highest BCUT2D eigenvalue weighted by atomic mass is 16.5. The van der Waals surface area contributed by atoms with Crippen molar-refractivity contribution in [3.05, 3.63) is 60.4 Å². The third kappa shape index (κ3) is 4.07. The van der Waals surface area contributed by atoms with E-state index >= 15 is 0 Å². The molecule has 37 heavy (non-hydrogen) atoms. The summed E-state index contributed by atoms with van der Waals surface area (Å²) in [4.78, 5) is 17.6. The van der Waals surface area contributed by atoms with Crippen LogP contribution in [-0.2, 0) is 0 Å². The lowest BCUT2D eigenvalue weighted by molar-refractivity contribution is -0.910. The fourth-order valence-electron chi connectivity index (χ4n) is 5.88. The summed E-state index contributed by atoms with van der Waals surface area (Å²) in [5, 5.41) is 30.3. The highest BCUT2D eigenvalue weighted by Crippen LogP contribution is 2.49. The normalized spacial score (nSPS) is 23.9. The highest BCUT2D eigenvalue weighted by Gasteiger charge is 2.46. The number of rotatable bonds is 6. The number of nitrogens with one attached hydrogen (secondary N) is 1. The van der Waals surface area contributed by atoms with Crippen molar-refractivity contribution in [1.29, 1.82) is 0 Å². The number of anilines is 1. The first-order valence-electron chi connectivity index (χ1n) is 13.2. The Morgan fingerprint density at radius 1 is 1.14 bits per heavy atom. The molecule has 9 nitrogen and oxygen atoms in total. The molecule has 190 valence electrons. The lowest BCUT2D eigenvalue weighted by atomic mass is 9.79. The van der Waals surface area contributed by atoms with Crippen molar-refractivity contribution in [3.63, 3.8) is 0 Å². The van der Waals surface area contributed by atoms with Crippen LogP contribution < -0.4 is 10.0 Å². The molecule has 3 aliphatic carbocycles. The number of benzene rings is 1. The molecule has 4 aromatic rings. The van der Waals surface area contributed by atoms with Gasteiger partial charge in [-0.3, -0.25) is 14.7 Å². The number of amides is 1. The summed E-state index contributed by atoms with van der Waals surface area (Å²) >= 11 is 0. The molecule has 3 fully saturated rings. The first-order valence-corrected chi connectivity index (χ1v) is 13.2. The van der Waals surface area contributed by atoms with Crippen LogP contribution in [0.5, 0.6) is 0 Å². The van der Waals surface area contributed by atoms with Gasteiger partial charge >= 0.3 is 11.6 Å². The molecule has 3 aliphatic rings. The van der Waals surface area contributed by atoms with E-state index in [1.165, 1.54) is 6.26 Å². The van der Waals surface area contributed by atoms with Crippen LogP contribution in [0.2, 0.25) is 0 Å². The zero-order valence-corrected chi connectivity index (χ0v) is 20.5. The summed E-state index contributed by atoms with van der Waals surface area (Å²) in [7, 11) is 0. The molecule has 3 aromatic heterocycles. The van der Waals surface area contributed by atoms with Crippen molar-refractivity contribution in [3.8, 4) is 11.5 Å². The molecule has 0 saturated heterocycles. The van der Waals surface area contributed by atoms with E-state index in [9.17, 15) is 15.1 Å². The molecular weight excluding hydrogens is 470 g/mol. The van der Waals surface area contributed by atoms with E-state index in [0.717, 1.165) is 72.7 Å². The molecular formula is C28H30N5O4+. The van der Waals surface area contributed by atoms with Gasteiger partial charge in [0.15, 0.2) is 0 Å². The number of aromatic nitrogens is 4. The Hall–Kier alpha value is -3.72. The molecule has 9 heteroatoms. The summed E-state index contributed by atoms with van der Waals surface area (Å²) < 4.78 is 8.58. The van der Waals surface area contributed by atoms with Crippen LogP contribution in [0.3, 0.4) is 0 Å². The van der Waals surface area contributed by atoms with Crippen molar-refractivity contribution in [2.45, 2.75) is 68.9 Å². The van der Waals surface area contributed by atoms with Gasteiger partial charge in [0, 0.05) is 34.4 Å². The van der Waals surface area contributed by atoms with E-state index < -0.39 is 11.5 Å². The van der Waals surface area contributed by atoms with Crippen LogP contribution in [0.15, 0.2) is 53.4 Å². The first kappa shape index (κ1) is 22.5. The molecule has 1 aromatic carbocycles. The molecule has 1 amide bonds. The number of carbonyl (C=O) groups is 1. The number of carbonyl (C=O) groups excluding carboxylic acids is 1. The molecule has 7 rings (SSSR count). The number of aliphatic hydroxyl groups is 1. The standard InChI is InChI=1S/C28H29N5O4/c34-26(25-3-1-2-24(33(25)36)17-4-5-17)30-23-14-18-16-32(20-8-10-28(35,11-9-20)19-6-7-19)31-22(18)15-21(23)27-29-12-13-37-27/h1-3,12-17,19-20,35H,4-11H2,(H-,30,34,36)/p+1/t20-,28-. The van der Waals surface area contributed by atoms with Gasteiger partial charge in [-0.05, 0) is 75.5 Å². The number of fused-ring (bicyclic) bond motifs is 1. The number of pyridine rings is 1. The lowest BCUT2D eigenvalue weighted by Gasteiger charge is -2.36. The molecule has 0 atom stereocenters. The Morgan fingerprint density at radius 2 is 1.95 bits per heavy atom. The Morgan fingerprint density at radius 3 is 2.65 bits per heavy atom. The van der Waals surface area contributed by atoms with E-state index in [2.05, 4.69) is 10.3 Å². The Balaban J connectivity index is 1.20. The van der Waals surface area contributed by atoms with Gasteiger partial charge in [-0.2, -0.15) is 5.10 Å². The van der Waals surface area contributed by atoms with Gasteiger partial charge in [-0.15, -0.1) is 0 Å². The smallest absolute Gasteiger partial charge is 0.325 e. The summed E-state index contributed by atoms with van der Waals surface area (Å²) in [5.74, 6) is 0.726. The van der Waals surface area contributed by atoms with Gasteiger partial charge in [-0.25, -0.2) is 4.98 Å². The summed E-state index contributed by atoms with van der Waals surface area (Å²) in [6, 6.07) is 9.24. The molecule has 3 N–H and O–H groups in total. The zero-order chi connectivity index (χ0) is 25.1. The minimum absolute atomic E-state index is 0.170. The maximum atomic E-state index is 13.3. The largest absolute Gasteiger partial charge is 0.444 e. The quantitative estimate of drug-likeness (QED) is 0.263. The van der Waals surface area contributed by atoms with Crippen LogP contribution in [0.25, 0.3) is 22.4 Å². The Labute approximate surface area is 213 Å². The van der Waals surface area contributed by atoms with E-state index in [0.29, 0.717) is 29.0 Å². The topological polar surface area (TPSA) is 117 Å². The summed E-state index contributed by atoms with van der Waals surface area (Å²) in [6.07, 6.45) is 12.8. The van der Waals surface area contributed by atoms with Crippen LogP contribution in [0.1, 0.15) is 79.5 Å². The van der Waals surface area contributed by atoms with Gasteiger partial charge in [-0.1, -0.05) is 0 Å². The molecule has 0 aliphatic heterocycles. The van der Waals surface area contributed by atoms with Crippen molar-refractivity contribution < 1.29 is 24.3 Å². The van der Waals surface area contributed by atoms with Crippen molar-refractivity contribution >= 4 is 22.5 Å². The van der Waals surface area contributed by atoms with E-state index in [1.807, 2.05) is 29.1 Å². The zero-order valence-electron chi connectivity index (χ0n) is 20.5. The third-order valence-corrected chi connectivity index (χ3v) is 8.33. The lowest BCUT2D eigenvalue weighted by Crippen LogP contribution is -2.43. The monoisotopic (exact) mass is 500 g/mol. The maximum absolute atomic E-state index is 13.3. The highest BCUT2D eigenvalue weighted by molar-refractivity contribution is 6.05. The van der Waals surface area contributed by atoms with Gasteiger partial charge in [0.2, 0.25) is 11.6 Å². The second kappa shape index (κ2) is 8.41. The van der Waals surface area contributed by atoms with Gasteiger partial charge in [0.1, 0.15) is 6.26 Å². The van der Waals surface area contributed by atoms with Crippen molar-refractivity contribution in [1.82, 2.24) is 14.8 Å². The van der Waals surface area contributed by atoms with Crippen molar-refractivity contribution in [2.24, 2.45) is 5.92 Å². The fraction of sp³-hybridized carbons (Fsp3) is 0.429. The molecule has 0 bridgehead atoms. The summed E-state index contributed by atoms with van der Waals surface area (Å²) in [6.45, 7) is 0. The average Bonchev–Trinajstić information content (AvgIpc) is 3.83. The van der Waals surface area contributed by atoms with Crippen molar-refractivity contribution in [2.75, 3.05) is 5.32 Å². The predicted molar refractivity (Wildman–Crippen MR) is 134 cm³/mol. The van der Waals surface area contributed by atoms with Crippen LogP contribution in [0, 0.1) is 5.92 Å². The molecule has 3 heterocycles. The van der Waals surface area contributed by atoms with E-state index in [4.69, 9.17) is 9.52 Å². The molecule has 0 spiro atoms. The summed E-state index contributed by atoms with van der Waals surface area (Å²) in [5.41, 5.74) is 2.34. The van der Waals surface area contributed by atoms with Crippen LogP contribution in [0.4, 0.5) is 5.69 Å². The number of nitrogens with zero attached hydrogens (tertiary/aromatic N) is 4. The third-order valence-electron chi connectivity index (χ3n) is 8.33. The van der Waals surface area contributed by atoms with Crippen LogP contribution >= 0.6 is 0 Å².